The third kappa shape index (κ3) is 3.03. The molecule has 4 nitrogen and oxygen atoms in total. The van der Waals surface area contributed by atoms with E-state index in [-0.39, 0.29) is 6.04 Å². The molecular weight excluding hydrogens is 236 g/mol. The molecule has 19 heavy (non-hydrogen) atoms. The zero-order valence-electron chi connectivity index (χ0n) is 11.1. The smallest absolute Gasteiger partial charge is 0.122 e. The van der Waals surface area contributed by atoms with E-state index in [9.17, 15) is 0 Å². The van der Waals surface area contributed by atoms with Gasteiger partial charge in [-0.1, -0.05) is 30.3 Å². The van der Waals surface area contributed by atoms with Gasteiger partial charge >= 0.3 is 0 Å². The van der Waals surface area contributed by atoms with Gasteiger partial charge in [0.15, 0.2) is 0 Å². The summed E-state index contributed by atoms with van der Waals surface area (Å²) in [4.78, 5) is 6.78. The molecule has 1 aliphatic rings. The minimum Gasteiger partial charge on any atom is -0.333 e. The van der Waals surface area contributed by atoms with Crippen molar-refractivity contribution >= 4 is 0 Å². The Balaban J connectivity index is 1.55. The summed E-state index contributed by atoms with van der Waals surface area (Å²) in [6, 6.07) is 10.6. The van der Waals surface area contributed by atoms with E-state index in [1.54, 1.807) is 0 Å². The third-order valence-electron chi connectivity index (χ3n) is 3.66. The minimum atomic E-state index is 0.184. The number of imidazole rings is 1. The number of aromatic nitrogens is 2. The first-order valence-electron chi connectivity index (χ1n) is 6.83. The molecule has 0 aliphatic carbocycles. The van der Waals surface area contributed by atoms with E-state index in [4.69, 9.17) is 5.73 Å². The lowest BCUT2D eigenvalue weighted by molar-refractivity contribution is 0.204. The van der Waals surface area contributed by atoms with Crippen molar-refractivity contribution in [2.75, 3.05) is 13.1 Å². The van der Waals surface area contributed by atoms with Gasteiger partial charge in [-0.15, -0.1) is 0 Å². The molecule has 0 saturated carbocycles. The van der Waals surface area contributed by atoms with Crippen LogP contribution < -0.4 is 5.73 Å². The number of rotatable bonds is 4. The van der Waals surface area contributed by atoms with Crippen molar-refractivity contribution in [3.8, 4) is 0 Å². The molecular formula is C15H20N4. The lowest BCUT2D eigenvalue weighted by Crippen LogP contribution is -2.42. The summed E-state index contributed by atoms with van der Waals surface area (Å²) in [6.07, 6.45) is 4.87. The monoisotopic (exact) mass is 256 g/mol. The molecule has 0 radical (unpaired) electrons. The van der Waals surface area contributed by atoms with Crippen molar-refractivity contribution < 1.29 is 0 Å². The van der Waals surface area contributed by atoms with Crippen molar-refractivity contribution in [2.24, 2.45) is 5.73 Å². The van der Waals surface area contributed by atoms with Gasteiger partial charge in [0.1, 0.15) is 5.82 Å². The fourth-order valence-electron chi connectivity index (χ4n) is 2.69. The predicted octanol–water partition coefficient (Wildman–Crippen LogP) is 1.27. The molecule has 0 bridgehead atoms. The first-order valence-corrected chi connectivity index (χ1v) is 6.83. The molecule has 0 amide bonds. The second-order valence-corrected chi connectivity index (χ2v) is 5.22. The van der Waals surface area contributed by atoms with Gasteiger partial charge in [0, 0.05) is 38.1 Å². The van der Waals surface area contributed by atoms with E-state index < -0.39 is 0 Å². The van der Waals surface area contributed by atoms with Crippen molar-refractivity contribution in [2.45, 2.75) is 25.6 Å². The van der Waals surface area contributed by atoms with Crippen molar-refractivity contribution in [3.63, 3.8) is 0 Å². The van der Waals surface area contributed by atoms with Crippen molar-refractivity contribution in [1.82, 2.24) is 14.5 Å². The Morgan fingerprint density at radius 1 is 1.21 bits per heavy atom. The lowest BCUT2D eigenvalue weighted by atomic mass is 10.1. The number of fused-ring (bicyclic) bond motifs is 1. The molecule has 1 atom stereocenters. The van der Waals surface area contributed by atoms with E-state index in [1.807, 2.05) is 12.3 Å². The predicted molar refractivity (Wildman–Crippen MR) is 75.6 cm³/mol. The summed E-state index contributed by atoms with van der Waals surface area (Å²) in [6.45, 7) is 3.93. The van der Waals surface area contributed by atoms with Gasteiger partial charge in [-0.05, 0) is 12.0 Å². The zero-order valence-corrected chi connectivity index (χ0v) is 11.1. The number of hydrogen-bond donors (Lipinski definition) is 1. The van der Waals surface area contributed by atoms with E-state index in [0.29, 0.717) is 0 Å². The summed E-state index contributed by atoms with van der Waals surface area (Å²) in [7, 11) is 0. The molecule has 0 fully saturated rings. The molecule has 100 valence electrons. The summed E-state index contributed by atoms with van der Waals surface area (Å²) < 4.78 is 2.22. The second-order valence-electron chi connectivity index (χ2n) is 5.22. The summed E-state index contributed by atoms with van der Waals surface area (Å²) in [5.41, 5.74) is 7.58. The molecule has 4 heteroatoms. The van der Waals surface area contributed by atoms with Crippen LogP contribution in [0.1, 0.15) is 11.4 Å². The normalized spacial score (nSPS) is 17.1. The average Bonchev–Trinajstić information content (AvgIpc) is 2.87. The molecule has 1 aromatic carbocycles. The van der Waals surface area contributed by atoms with Crippen LogP contribution in [0.15, 0.2) is 42.7 Å². The largest absolute Gasteiger partial charge is 0.333 e. The van der Waals surface area contributed by atoms with Gasteiger partial charge in [-0.2, -0.15) is 0 Å². The highest BCUT2D eigenvalue weighted by molar-refractivity contribution is 5.15. The van der Waals surface area contributed by atoms with Crippen molar-refractivity contribution in [1.29, 1.82) is 0 Å². The lowest BCUT2D eigenvalue weighted by Gasteiger charge is -2.29. The molecule has 0 spiro atoms. The van der Waals surface area contributed by atoms with Crippen LogP contribution in [0, 0.1) is 0 Å². The molecule has 2 aromatic rings. The first kappa shape index (κ1) is 12.4. The highest BCUT2D eigenvalue weighted by Gasteiger charge is 2.18. The maximum absolute atomic E-state index is 6.26. The van der Waals surface area contributed by atoms with Crippen LogP contribution in [0.2, 0.25) is 0 Å². The Morgan fingerprint density at radius 2 is 2.05 bits per heavy atom. The van der Waals surface area contributed by atoms with Crippen LogP contribution in [0.5, 0.6) is 0 Å². The van der Waals surface area contributed by atoms with Gasteiger partial charge in [0.05, 0.1) is 6.54 Å². The van der Waals surface area contributed by atoms with E-state index in [2.05, 4.69) is 44.9 Å². The third-order valence-corrected chi connectivity index (χ3v) is 3.66. The van der Waals surface area contributed by atoms with Gasteiger partial charge in [0.2, 0.25) is 0 Å². The fourth-order valence-corrected chi connectivity index (χ4v) is 2.69. The average molecular weight is 256 g/mol. The molecule has 0 saturated heterocycles. The van der Waals surface area contributed by atoms with Gasteiger partial charge in [-0.25, -0.2) is 4.98 Å². The van der Waals surface area contributed by atoms with E-state index in [1.165, 1.54) is 5.56 Å². The summed E-state index contributed by atoms with van der Waals surface area (Å²) in [5.74, 6) is 1.15. The second kappa shape index (κ2) is 5.55. The molecule has 1 aliphatic heterocycles. The molecule has 2 N–H and O–H groups in total. The Hall–Kier alpha value is -1.65. The highest BCUT2D eigenvalue weighted by atomic mass is 15.2. The minimum absolute atomic E-state index is 0.184. The van der Waals surface area contributed by atoms with Crippen LogP contribution in [0.3, 0.4) is 0 Å². The quantitative estimate of drug-likeness (QED) is 0.896. The maximum atomic E-state index is 6.26. The molecule has 1 aromatic heterocycles. The topological polar surface area (TPSA) is 47.1 Å². The van der Waals surface area contributed by atoms with Crippen LogP contribution in [-0.2, 0) is 19.5 Å². The van der Waals surface area contributed by atoms with E-state index in [0.717, 1.165) is 38.4 Å². The van der Waals surface area contributed by atoms with E-state index >= 15 is 0 Å². The zero-order chi connectivity index (χ0) is 13.1. The Kier molecular flexibility index (Phi) is 3.62. The van der Waals surface area contributed by atoms with Crippen LogP contribution in [-0.4, -0.2) is 33.6 Å². The highest BCUT2D eigenvalue weighted by Crippen LogP contribution is 2.11. The Labute approximate surface area is 113 Å². The van der Waals surface area contributed by atoms with Crippen LogP contribution >= 0.6 is 0 Å². The standard InChI is InChI=1S/C15H20N4/c16-14(10-13-4-2-1-3-5-13)11-18-8-9-19-7-6-17-15(19)12-18/h1-7,14H,8-12,16H2. The van der Waals surface area contributed by atoms with Crippen molar-refractivity contribution in [3.05, 3.63) is 54.1 Å². The van der Waals surface area contributed by atoms with Gasteiger partial charge in [-0.3, -0.25) is 4.90 Å². The fraction of sp³-hybridized carbons (Fsp3) is 0.400. The Morgan fingerprint density at radius 3 is 2.89 bits per heavy atom. The van der Waals surface area contributed by atoms with Crippen LogP contribution in [0.4, 0.5) is 0 Å². The molecule has 3 rings (SSSR count). The Bertz CT molecular complexity index is 520. The number of nitrogens with zero attached hydrogens (tertiary/aromatic N) is 3. The summed E-state index contributed by atoms with van der Waals surface area (Å²) in [5, 5.41) is 0. The SMILES string of the molecule is NC(Cc1ccccc1)CN1CCn2ccnc2C1. The number of hydrogen-bond acceptors (Lipinski definition) is 3. The number of nitrogens with two attached hydrogens (primary N) is 1. The van der Waals surface area contributed by atoms with Crippen LogP contribution in [0.25, 0.3) is 0 Å². The summed E-state index contributed by atoms with van der Waals surface area (Å²) >= 11 is 0. The number of benzene rings is 1. The maximum Gasteiger partial charge on any atom is 0.122 e. The van der Waals surface area contributed by atoms with Gasteiger partial charge < -0.3 is 10.3 Å². The first-order chi connectivity index (χ1) is 9.31. The molecule has 1 unspecified atom stereocenters. The van der Waals surface area contributed by atoms with Gasteiger partial charge in [0.25, 0.3) is 0 Å². The molecule has 2 heterocycles.